The van der Waals surface area contributed by atoms with Gasteiger partial charge in [0.25, 0.3) is 5.91 Å². The fraction of sp³-hybridized carbons (Fsp3) is 0.300. The molecule has 28 heavy (non-hydrogen) atoms. The van der Waals surface area contributed by atoms with Gasteiger partial charge in [-0.2, -0.15) is 8.78 Å². The van der Waals surface area contributed by atoms with E-state index in [0.29, 0.717) is 5.69 Å². The van der Waals surface area contributed by atoms with Gasteiger partial charge in [-0.15, -0.1) is 0 Å². The molecule has 8 heteroatoms. The van der Waals surface area contributed by atoms with Crippen molar-refractivity contribution in [3.63, 3.8) is 0 Å². The molecule has 0 aliphatic rings. The highest BCUT2D eigenvalue weighted by molar-refractivity contribution is 6.00. The Bertz CT molecular complexity index is 851. The second-order valence-electron chi connectivity index (χ2n) is 6.22. The molecule has 0 aliphatic heterocycles. The van der Waals surface area contributed by atoms with Crippen molar-refractivity contribution < 1.29 is 27.8 Å². The van der Waals surface area contributed by atoms with Crippen LogP contribution in [0.15, 0.2) is 36.4 Å². The van der Waals surface area contributed by atoms with Gasteiger partial charge in [0.1, 0.15) is 0 Å². The van der Waals surface area contributed by atoms with Crippen LogP contribution in [0.25, 0.3) is 0 Å². The van der Waals surface area contributed by atoms with Gasteiger partial charge >= 0.3 is 6.61 Å². The number of hydrogen-bond acceptors (Lipinski definition) is 4. The molecule has 0 atom stereocenters. The van der Waals surface area contributed by atoms with E-state index < -0.39 is 12.5 Å². The number of carbonyl (C=O) groups excluding carboxylic acids is 2. The number of aryl methyl sites for hydroxylation is 2. The van der Waals surface area contributed by atoms with Crippen LogP contribution in [0.1, 0.15) is 21.5 Å². The number of nitrogens with zero attached hydrogens (tertiary/aromatic N) is 1. The molecule has 2 rings (SSSR count). The normalized spacial score (nSPS) is 10.5. The lowest BCUT2D eigenvalue weighted by Gasteiger charge is -2.19. The lowest BCUT2D eigenvalue weighted by Crippen LogP contribution is -2.35. The summed E-state index contributed by atoms with van der Waals surface area (Å²) in [5.74, 6) is -0.986. The molecule has 2 aromatic rings. The van der Waals surface area contributed by atoms with Gasteiger partial charge in [0.05, 0.1) is 13.7 Å². The topological polar surface area (TPSA) is 67.9 Å². The third-order valence-electron chi connectivity index (χ3n) is 4.10. The fourth-order valence-electron chi connectivity index (χ4n) is 2.69. The predicted molar refractivity (Wildman–Crippen MR) is 101 cm³/mol. The number of ether oxygens (including phenoxy) is 2. The summed E-state index contributed by atoms with van der Waals surface area (Å²) in [7, 11) is 2.76. The molecule has 0 spiro atoms. The number of likely N-dealkylation sites (N-methyl/N-ethyl adjacent to an activating group) is 1. The predicted octanol–water partition coefficient (Wildman–Crippen LogP) is 3.62. The number of para-hydroxylation sites is 1. The van der Waals surface area contributed by atoms with Crippen LogP contribution in [-0.2, 0) is 4.79 Å². The Hall–Kier alpha value is -3.16. The first-order valence-corrected chi connectivity index (χ1v) is 8.47. The number of hydrogen-bond donors (Lipinski definition) is 1. The molecule has 0 saturated carbocycles. The van der Waals surface area contributed by atoms with Crippen molar-refractivity contribution in [1.29, 1.82) is 0 Å². The minimum atomic E-state index is -3.01. The molecule has 6 nitrogen and oxygen atoms in total. The number of anilines is 1. The second kappa shape index (κ2) is 9.16. The lowest BCUT2D eigenvalue weighted by molar-refractivity contribution is -0.116. The van der Waals surface area contributed by atoms with Crippen LogP contribution in [0.5, 0.6) is 11.5 Å². The van der Waals surface area contributed by atoms with Gasteiger partial charge < -0.3 is 19.7 Å². The number of alkyl halides is 2. The zero-order chi connectivity index (χ0) is 20.8. The summed E-state index contributed by atoms with van der Waals surface area (Å²) in [6.07, 6.45) is 0. The van der Waals surface area contributed by atoms with E-state index in [1.165, 1.54) is 37.3 Å². The molecule has 0 unspecified atom stereocenters. The molecule has 0 radical (unpaired) electrons. The highest BCUT2D eigenvalue weighted by Crippen LogP contribution is 2.29. The summed E-state index contributed by atoms with van der Waals surface area (Å²) >= 11 is 0. The number of benzene rings is 2. The van der Waals surface area contributed by atoms with Gasteiger partial charge in [-0.1, -0.05) is 18.2 Å². The average Bonchev–Trinajstić information content (AvgIpc) is 2.64. The number of nitrogens with one attached hydrogen (secondary N) is 1. The first kappa shape index (κ1) is 21.1. The van der Waals surface area contributed by atoms with E-state index in [4.69, 9.17) is 4.74 Å². The van der Waals surface area contributed by atoms with Crippen molar-refractivity contribution in [2.75, 3.05) is 26.0 Å². The van der Waals surface area contributed by atoms with Crippen molar-refractivity contribution in [2.45, 2.75) is 20.5 Å². The minimum Gasteiger partial charge on any atom is -0.493 e. The molecular weight excluding hydrogens is 370 g/mol. The Morgan fingerprint density at radius 3 is 2.32 bits per heavy atom. The number of amides is 2. The molecule has 1 N–H and O–H groups in total. The molecule has 0 saturated heterocycles. The Balaban J connectivity index is 2.08. The number of halogens is 2. The van der Waals surface area contributed by atoms with Crippen molar-refractivity contribution in [2.24, 2.45) is 0 Å². The van der Waals surface area contributed by atoms with Crippen LogP contribution in [-0.4, -0.2) is 44.0 Å². The quantitative estimate of drug-likeness (QED) is 0.782. The van der Waals surface area contributed by atoms with Crippen LogP contribution < -0.4 is 14.8 Å². The number of rotatable bonds is 7. The summed E-state index contributed by atoms with van der Waals surface area (Å²) in [5, 5.41) is 2.81. The standard InChI is InChI=1S/C20H22F2N2O4/c1-12-6-5-7-13(2)18(12)23-17(25)11-24(3)19(26)14-8-9-15(28-20(21)22)16(10-14)27-4/h5-10,20H,11H2,1-4H3,(H,23,25). The van der Waals surface area contributed by atoms with E-state index in [1.807, 2.05) is 32.0 Å². The zero-order valence-electron chi connectivity index (χ0n) is 16.1. The van der Waals surface area contributed by atoms with E-state index in [2.05, 4.69) is 10.1 Å². The van der Waals surface area contributed by atoms with Crippen molar-refractivity contribution in [3.05, 3.63) is 53.1 Å². The van der Waals surface area contributed by atoms with E-state index in [0.717, 1.165) is 11.1 Å². The first-order valence-electron chi connectivity index (χ1n) is 8.47. The molecular formula is C20H22F2N2O4. The van der Waals surface area contributed by atoms with E-state index in [-0.39, 0.29) is 29.5 Å². The summed E-state index contributed by atoms with van der Waals surface area (Å²) in [6.45, 7) is 0.579. The maximum atomic E-state index is 12.6. The minimum absolute atomic E-state index is 0.000429. The maximum Gasteiger partial charge on any atom is 0.387 e. The van der Waals surface area contributed by atoms with Crippen LogP contribution >= 0.6 is 0 Å². The van der Waals surface area contributed by atoms with Gasteiger partial charge in [-0.3, -0.25) is 9.59 Å². The number of methoxy groups -OCH3 is 1. The molecule has 0 aliphatic carbocycles. The largest absolute Gasteiger partial charge is 0.493 e. The first-order chi connectivity index (χ1) is 13.2. The van der Waals surface area contributed by atoms with Crippen LogP contribution in [0.3, 0.4) is 0 Å². The summed E-state index contributed by atoms with van der Waals surface area (Å²) in [4.78, 5) is 26.1. The van der Waals surface area contributed by atoms with Crippen molar-refractivity contribution in [3.8, 4) is 11.5 Å². The molecule has 150 valence electrons. The maximum absolute atomic E-state index is 12.6. The second-order valence-corrected chi connectivity index (χ2v) is 6.22. The third-order valence-corrected chi connectivity index (χ3v) is 4.10. The van der Waals surface area contributed by atoms with Gasteiger partial charge in [0.2, 0.25) is 5.91 Å². The Morgan fingerprint density at radius 1 is 1.11 bits per heavy atom. The molecule has 0 fully saturated rings. The van der Waals surface area contributed by atoms with Crippen molar-refractivity contribution >= 4 is 17.5 Å². The summed E-state index contributed by atoms with van der Waals surface area (Å²) in [5.41, 5.74) is 2.73. The van der Waals surface area contributed by atoms with E-state index >= 15 is 0 Å². The van der Waals surface area contributed by atoms with Gasteiger partial charge in [0.15, 0.2) is 11.5 Å². The van der Waals surface area contributed by atoms with Crippen molar-refractivity contribution in [1.82, 2.24) is 4.90 Å². The molecule has 2 aromatic carbocycles. The Morgan fingerprint density at radius 2 is 1.75 bits per heavy atom. The van der Waals surface area contributed by atoms with Crippen LogP contribution in [0, 0.1) is 13.8 Å². The lowest BCUT2D eigenvalue weighted by atomic mass is 10.1. The number of carbonyl (C=O) groups is 2. The molecule has 0 aromatic heterocycles. The highest BCUT2D eigenvalue weighted by atomic mass is 19.3. The highest BCUT2D eigenvalue weighted by Gasteiger charge is 2.19. The Kier molecular flexibility index (Phi) is 6.92. The van der Waals surface area contributed by atoms with E-state index in [1.54, 1.807) is 0 Å². The monoisotopic (exact) mass is 392 g/mol. The van der Waals surface area contributed by atoms with Crippen LogP contribution in [0.4, 0.5) is 14.5 Å². The zero-order valence-corrected chi connectivity index (χ0v) is 16.1. The fourth-order valence-corrected chi connectivity index (χ4v) is 2.69. The third kappa shape index (κ3) is 5.18. The van der Waals surface area contributed by atoms with Gasteiger partial charge in [-0.05, 0) is 43.2 Å². The smallest absolute Gasteiger partial charge is 0.387 e. The summed E-state index contributed by atoms with van der Waals surface area (Å²) < 4.78 is 34.1. The van der Waals surface area contributed by atoms with Crippen LogP contribution in [0.2, 0.25) is 0 Å². The Labute approximate surface area is 162 Å². The SMILES string of the molecule is COc1cc(C(=O)N(C)CC(=O)Nc2c(C)cccc2C)ccc1OC(F)F. The summed E-state index contributed by atoms with van der Waals surface area (Å²) in [6, 6.07) is 9.51. The molecule has 0 heterocycles. The molecule has 2 amide bonds. The van der Waals surface area contributed by atoms with E-state index in [9.17, 15) is 18.4 Å². The van der Waals surface area contributed by atoms with Gasteiger partial charge in [0, 0.05) is 18.3 Å². The average molecular weight is 392 g/mol. The van der Waals surface area contributed by atoms with Gasteiger partial charge in [-0.25, -0.2) is 0 Å². The molecule has 0 bridgehead atoms.